The summed E-state index contributed by atoms with van der Waals surface area (Å²) in [5.74, 6) is -0.372. The highest BCUT2D eigenvalue weighted by Crippen LogP contribution is 2.28. The summed E-state index contributed by atoms with van der Waals surface area (Å²) >= 11 is 11.8. The molecule has 3 nitrogen and oxygen atoms in total. The first-order chi connectivity index (χ1) is 7.36. The Bertz CT molecular complexity index is 405. The number of nitrogens with one attached hydrogen (secondary N) is 1. The average Bonchev–Trinajstić information content (AvgIpc) is 2.22. The number of anilines is 1. The molecule has 0 aliphatic rings. The summed E-state index contributed by atoms with van der Waals surface area (Å²) in [6.45, 7) is 3.41. The molecule has 0 amide bonds. The summed E-state index contributed by atoms with van der Waals surface area (Å²) in [5, 5.41) is 4.04. The minimum atomic E-state index is -0.858. The predicted molar refractivity (Wildman–Crippen MR) is 66.2 cm³/mol. The summed E-state index contributed by atoms with van der Waals surface area (Å²) in [5.41, 5.74) is -0.257. The van der Waals surface area contributed by atoms with Crippen molar-refractivity contribution in [2.24, 2.45) is 0 Å². The molecule has 0 atom stereocenters. The molecule has 0 aromatic heterocycles. The Hall–Kier alpha value is -0.930. The molecule has 0 fully saturated rings. The topological polar surface area (TPSA) is 38.3 Å². The molecule has 0 aliphatic carbocycles. The van der Waals surface area contributed by atoms with E-state index in [0.29, 0.717) is 15.7 Å². The molecule has 0 bridgehead atoms. The predicted octanol–water partition coefficient (Wildman–Crippen LogP) is 3.36. The smallest absolute Gasteiger partial charge is 0.330 e. The molecule has 1 rings (SSSR count). The maximum atomic E-state index is 11.5. The molecule has 0 unspecified atom stereocenters. The van der Waals surface area contributed by atoms with Gasteiger partial charge in [0, 0.05) is 5.02 Å². The molecule has 0 heterocycles. The van der Waals surface area contributed by atoms with Crippen LogP contribution in [0.25, 0.3) is 0 Å². The van der Waals surface area contributed by atoms with Crippen LogP contribution >= 0.6 is 23.2 Å². The Morgan fingerprint density at radius 3 is 2.56 bits per heavy atom. The zero-order valence-corrected chi connectivity index (χ0v) is 10.8. The summed E-state index contributed by atoms with van der Waals surface area (Å²) < 4.78 is 4.68. The first-order valence-corrected chi connectivity index (χ1v) is 5.44. The van der Waals surface area contributed by atoms with Gasteiger partial charge in [-0.3, -0.25) is 0 Å². The van der Waals surface area contributed by atoms with Crippen LogP contribution in [0.5, 0.6) is 0 Å². The minimum absolute atomic E-state index is 0.372. The van der Waals surface area contributed by atoms with E-state index in [4.69, 9.17) is 23.2 Å². The number of carbonyl (C=O) groups excluding carboxylic acids is 1. The third-order valence-corrected chi connectivity index (χ3v) is 2.64. The Labute approximate surface area is 105 Å². The van der Waals surface area contributed by atoms with Crippen LogP contribution in [0, 0.1) is 0 Å². The summed E-state index contributed by atoms with van der Waals surface area (Å²) in [4.78, 5) is 11.5. The van der Waals surface area contributed by atoms with Crippen LogP contribution in [0.2, 0.25) is 10.0 Å². The number of benzene rings is 1. The van der Waals surface area contributed by atoms with Crippen LogP contribution in [0.15, 0.2) is 18.2 Å². The fraction of sp³-hybridized carbons (Fsp3) is 0.364. The Morgan fingerprint density at radius 1 is 1.38 bits per heavy atom. The number of ether oxygens (including phenoxy) is 1. The lowest BCUT2D eigenvalue weighted by molar-refractivity contribution is -0.144. The fourth-order valence-corrected chi connectivity index (χ4v) is 1.57. The molecule has 0 aliphatic heterocycles. The third kappa shape index (κ3) is 3.03. The quantitative estimate of drug-likeness (QED) is 0.849. The van der Waals surface area contributed by atoms with E-state index in [1.807, 2.05) is 0 Å². The van der Waals surface area contributed by atoms with Crippen molar-refractivity contribution < 1.29 is 9.53 Å². The molecule has 5 heteroatoms. The van der Waals surface area contributed by atoms with Gasteiger partial charge in [0.25, 0.3) is 0 Å². The van der Waals surface area contributed by atoms with E-state index in [1.165, 1.54) is 7.11 Å². The number of hydrogen-bond acceptors (Lipinski definition) is 3. The standard InChI is InChI=1S/C11H13Cl2NO2/c1-11(2,10(15)16-3)14-9-6-7(12)4-5-8(9)13/h4-6,14H,1-3H3. The number of hydrogen-bond donors (Lipinski definition) is 1. The van der Waals surface area contributed by atoms with Crippen molar-refractivity contribution in [1.82, 2.24) is 0 Å². The molecule has 0 saturated carbocycles. The summed E-state index contributed by atoms with van der Waals surface area (Å²) in [7, 11) is 1.34. The van der Waals surface area contributed by atoms with Gasteiger partial charge >= 0.3 is 5.97 Å². The monoisotopic (exact) mass is 261 g/mol. The van der Waals surface area contributed by atoms with Gasteiger partial charge < -0.3 is 10.1 Å². The number of esters is 1. The van der Waals surface area contributed by atoms with E-state index in [9.17, 15) is 4.79 Å². The maximum Gasteiger partial charge on any atom is 0.330 e. The van der Waals surface area contributed by atoms with E-state index < -0.39 is 5.54 Å². The molecule has 1 aromatic carbocycles. The second-order valence-corrected chi connectivity index (χ2v) is 4.71. The molecule has 0 saturated heterocycles. The molecule has 0 radical (unpaired) electrons. The highest BCUT2D eigenvalue weighted by atomic mass is 35.5. The van der Waals surface area contributed by atoms with Crippen molar-refractivity contribution in [2.75, 3.05) is 12.4 Å². The van der Waals surface area contributed by atoms with Gasteiger partial charge in [0.1, 0.15) is 5.54 Å². The zero-order valence-electron chi connectivity index (χ0n) is 9.30. The lowest BCUT2D eigenvalue weighted by Crippen LogP contribution is -2.41. The largest absolute Gasteiger partial charge is 0.467 e. The van der Waals surface area contributed by atoms with Gasteiger partial charge in [0.15, 0.2) is 0 Å². The molecule has 1 N–H and O–H groups in total. The number of carbonyl (C=O) groups is 1. The highest BCUT2D eigenvalue weighted by molar-refractivity contribution is 6.35. The molecule has 16 heavy (non-hydrogen) atoms. The molecule has 1 aromatic rings. The van der Waals surface area contributed by atoms with Crippen molar-refractivity contribution in [3.8, 4) is 0 Å². The van der Waals surface area contributed by atoms with E-state index in [0.717, 1.165) is 0 Å². The van der Waals surface area contributed by atoms with E-state index >= 15 is 0 Å². The van der Waals surface area contributed by atoms with Crippen LogP contribution in [0.4, 0.5) is 5.69 Å². The van der Waals surface area contributed by atoms with Gasteiger partial charge in [-0.05, 0) is 32.0 Å². The second-order valence-electron chi connectivity index (χ2n) is 3.87. The van der Waals surface area contributed by atoms with Crippen LogP contribution in [-0.4, -0.2) is 18.6 Å². The van der Waals surface area contributed by atoms with Crippen molar-refractivity contribution in [2.45, 2.75) is 19.4 Å². The average molecular weight is 262 g/mol. The van der Waals surface area contributed by atoms with Crippen molar-refractivity contribution >= 4 is 34.9 Å². The lowest BCUT2D eigenvalue weighted by Gasteiger charge is -2.25. The first-order valence-electron chi connectivity index (χ1n) is 4.68. The molecule has 0 spiro atoms. The van der Waals surface area contributed by atoms with Crippen molar-refractivity contribution in [3.63, 3.8) is 0 Å². The molecular formula is C11H13Cl2NO2. The van der Waals surface area contributed by atoms with Crippen LogP contribution < -0.4 is 5.32 Å². The van der Waals surface area contributed by atoms with Crippen molar-refractivity contribution in [1.29, 1.82) is 0 Å². The Morgan fingerprint density at radius 2 is 2.00 bits per heavy atom. The first kappa shape index (κ1) is 13.1. The SMILES string of the molecule is COC(=O)C(C)(C)Nc1cc(Cl)ccc1Cl. The minimum Gasteiger partial charge on any atom is -0.467 e. The Kier molecular flexibility index (Phi) is 4.05. The zero-order chi connectivity index (χ0) is 12.3. The number of rotatable bonds is 3. The van der Waals surface area contributed by atoms with Crippen LogP contribution in [0.3, 0.4) is 0 Å². The fourth-order valence-electron chi connectivity index (χ4n) is 1.24. The number of methoxy groups -OCH3 is 1. The molecule has 88 valence electrons. The summed E-state index contributed by atoms with van der Waals surface area (Å²) in [6.07, 6.45) is 0. The van der Waals surface area contributed by atoms with Gasteiger partial charge in [-0.25, -0.2) is 4.79 Å². The van der Waals surface area contributed by atoms with Gasteiger partial charge in [0.05, 0.1) is 17.8 Å². The van der Waals surface area contributed by atoms with Crippen LogP contribution in [0.1, 0.15) is 13.8 Å². The normalized spacial score (nSPS) is 11.1. The summed E-state index contributed by atoms with van der Waals surface area (Å²) in [6, 6.07) is 5.01. The number of halogens is 2. The van der Waals surface area contributed by atoms with Crippen LogP contribution in [-0.2, 0) is 9.53 Å². The Balaban J connectivity index is 2.95. The second kappa shape index (κ2) is 4.93. The van der Waals surface area contributed by atoms with Crippen molar-refractivity contribution in [3.05, 3.63) is 28.2 Å². The third-order valence-electron chi connectivity index (χ3n) is 2.07. The van der Waals surface area contributed by atoms with E-state index in [-0.39, 0.29) is 5.97 Å². The maximum absolute atomic E-state index is 11.5. The van der Waals surface area contributed by atoms with Gasteiger partial charge in [0.2, 0.25) is 0 Å². The van der Waals surface area contributed by atoms with Gasteiger partial charge in [-0.1, -0.05) is 23.2 Å². The lowest BCUT2D eigenvalue weighted by atomic mass is 10.1. The highest BCUT2D eigenvalue weighted by Gasteiger charge is 2.28. The van der Waals surface area contributed by atoms with Gasteiger partial charge in [-0.15, -0.1) is 0 Å². The van der Waals surface area contributed by atoms with E-state index in [2.05, 4.69) is 10.1 Å². The molecular weight excluding hydrogens is 249 g/mol. The van der Waals surface area contributed by atoms with E-state index in [1.54, 1.807) is 32.0 Å². The van der Waals surface area contributed by atoms with Gasteiger partial charge in [-0.2, -0.15) is 0 Å².